The molecule has 1 aromatic heterocycles. The normalized spacial score (nSPS) is 16.9. The number of nitrogens with one attached hydrogen (secondary N) is 1. The molecule has 168 valence electrons. The van der Waals surface area contributed by atoms with Crippen molar-refractivity contribution in [2.24, 2.45) is 0 Å². The van der Waals surface area contributed by atoms with Crippen LogP contribution in [0.25, 0.3) is 11.0 Å². The lowest BCUT2D eigenvalue weighted by molar-refractivity contribution is -0.120. The van der Waals surface area contributed by atoms with Gasteiger partial charge in [0, 0.05) is 30.6 Å². The summed E-state index contributed by atoms with van der Waals surface area (Å²) in [7, 11) is -3.49. The van der Waals surface area contributed by atoms with Gasteiger partial charge < -0.3 is 9.73 Å². The van der Waals surface area contributed by atoms with Gasteiger partial charge >= 0.3 is 0 Å². The minimum absolute atomic E-state index is 0.113. The predicted molar refractivity (Wildman–Crippen MR) is 123 cm³/mol. The number of hydrogen-bond donors (Lipinski definition) is 1. The Bertz CT molecular complexity index is 1260. The van der Waals surface area contributed by atoms with Crippen molar-refractivity contribution in [1.29, 1.82) is 0 Å². The van der Waals surface area contributed by atoms with Crippen molar-refractivity contribution in [2.45, 2.75) is 56.4 Å². The summed E-state index contributed by atoms with van der Waals surface area (Å²) in [6.45, 7) is 1.43. The average Bonchev–Trinajstić information content (AvgIpc) is 3.43. The molecule has 0 saturated carbocycles. The van der Waals surface area contributed by atoms with Crippen LogP contribution in [0.15, 0.2) is 52.0 Å². The van der Waals surface area contributed by atoms with E-state index in [1.165, 1.54) is 17.5 Å². The average molecular weight is 453 g/mol. The Labute approximate surface area is 188 Å². The molecular weight excluding hydrogens is 424 g/mol. The zero-order chi connectivity index (χ0) is 22.1. The minimum atomic E-state index is -3.49. The van der Waals surface area contributed by atoms with Crippen molar-refractivity contribution < 1.29 is 17.6 Å². The summed E-state index contributed by atoms with van der Waals surface area (Å²) in [4.78, 5) is 12.9. The Hall–Kier alpha value is -2.64. The molecule has 2 heterocycles. The molecule has 0 radical (unpaired) electrons. The van der Waals surface area contributed by atoms with Gasteiger partial charge in [-0.3, -0.25) is 4.79 Å². The van der Waals surface area contributed by atoms with Crippen LogP contribution in [0.3, 0.4) is 0 Å². The van der Waals surface area contributed by atoms with Gasteiger partial charge in [-0.05, 0) is 73.1 Å². The van der Waals surface area contributed by atoms with Crippen molar-refractivity contribution in [3.05, 3.63) is 64.9 Å². The van der Waals surface area contributed by atoms with Crippen molar-refractivity contribution in [2.75, 3.05) is 13.1 Å². The van der Waals surface area contributed by atoms with Crippen molar-refractivity contribution in [3.8, 4) is 0 Å². The second kappa shape index (κ2) is 8.71. The third-order valence-electron chi connectivity index (χ3n) is 6.56. The highest BCUT2D eigenvalue weighted by Gasteiger charge is 2.26. The number of carbonyl (C=O) groups excluding carboxylic acids is 1. The van der Waals surface area contributed by atoms with Gasteiger partial charge in [0.25, 0.3) is 0 Å². The molecule has 32 heavy (non-hydrogen) atoms. The Morgan fingerprint density at radius 3 is 2.59 bits per heavy atom. The smallest absolute Gasteiger partial charge is 0.243 e. The lowest BCUT2D eigenvalue weighted by atomic mass is 10.0. The number of nitrogens with zero attached hydrogens (tertiary/aromatic N) is 1. The van der Waals surface area contributed by atoms with E-state index >= 15 is 0 Å². The fourth-order valence-corrected chi connectivity index (χ4v) is 6.38. The number of fused-ring (bicyclic) bond motifs is 2. The van der Waals surface area contributed by atoms with Crippen molar-refractivity contribution in [1.82, 2.24) is 9.62 Å². The molecule has 0 spiro atoms. The van der Waals surface area contributed by atoms with Gasteiger partial charge in [0.2, 0.25) is 15.9 Å². The van der Waals surface area contributed by atoms with E-state index in [1.807, 2.05) is 6.07 Å². The highest BCUT2D eigenvalue weighted by Crippen LogP contribution is 2.30. The summed E-state index contributed by atoms with van der Waals surface area (Å²) in [6.07, 6.45) is 8.13. The maximum Gasteiger partial charge on any atom is 0.243 e. The van der Waals surface area contributed by atoms with Gasteiger partial charge in [-0.25, -0.2) is 8.42 Å². The molecule has 0 unspecified atom stereocenters. The Morgan fingerprint density at radius 2 is 1.78 bits per heavy atom. The van der Waals surface area contributed by atoms with Gasteiger partial charge in [0.05, 0.1) is 17.6 Å². The molecule has 1 aliphatic carbocycles. The van der Waals surface area contributed by atoms with Crippen LogP contribution in [-0.2, 0) is 40.6 Å². The predicted octanol–water partition coefficient (Wildman–Crippen LogP) is 3.96. The molecule has 0 atom stereocenters. The molecule has 1 N–H and O–H groups in total. The van der Waals surface area contributed by atoms with Crippen LogP contribution >= 0.6 is 0 Å². The summed E-state index contributed by atoms with van der Waals surface area (Å²) < 4.78 is 33.1. The maximum atomic E-state index is 12.9. The molecule has 7 heteroatoms. The van der Waals surface area contributed by atoms with Crippen LogP contribution in [0.4, 0.5) is 0 Å². The van der Waals surface area contributed by atoms with Crippen LogP contribution in [0.5, 0.6) is 0 Å². The molecule has 2 aromatic carbocycles. The van der Waals surface area contributed by atoms with E-state index in [0.29, 0.717) is 18.0 Å². The fraction of sp³-hybridized carbons (Fsp3) is 0.400. The number of piperidine rings is 1. The molecule has 1 saturated heterocycles. The standard InChI is InChI=1S/C25H28N2O4S/c28-25(15-21-17-31-24-14-20-8-5-7-19(20)13-23(21)24)26-16-18-6-4-9-22(12-18)32(29,30)27-10-2-1-3-11-27/h4,6,9,12-14,17H,1-3,5,7-8,10-11,15-16H2,(H,26,28). The largest absolute Gasteiger partial charge is 0.464 e. The molecule has 3 aromatic rings. The lowest BCUT2D eigenvalue weighted by Crippen LogP contribution is -2.35. The van der Waals surface area contributed by atoms with Gasteiger partial charge in [0.1, 0.15) is 5.58 Å². The third kappa shape index (κ3) is 4.19. The number of hydrogen-bond acceptors (Lipinski definition) is 4. The zero-order valence-corrected chi connectivity index (χ0v) is 18.9. The summed E-state index contributed by atoms with van der Waals surface area (Å²) in [5.74, 6) is -0.113. The van der Waals surface area contributed by atoms with Crippen molar-refractivity contribution >= 4 is 26.9 Å². The lowest BCUT2D eigenvalue weighted by Gasteiger charge is -2.26. The minimum Gasteiger partial charge on any atom is -0.464 e. The van der Waals surface area contributed by atoms with E-state index < -0.39 is 10.0 Å². The first-order valence-corrected chi connectivity index (χ1v) is 12.8. The molecule has 2 aliphatic rings. The first kappa shape index (κ1) is 21.2. The second-order valence-electron chi connectivity index (χ2n) is 8.80. The topological polar surface area (TPSA) is 79.6 Å². The first-order chi connectivity index (χ1) is 15.5. The van der Waals surface area contributed by atoms with Gasteiger partial charge in [-0.15, -0.1) is 0 Å². The highest BCUT2D eigenvalue weighted by atomic mass is 32.2. The summed E-state index contributed by atoms with van der Waals surface area (Å²) >= 11 is 0. The number of sulfonamides is 1. The third-order valence-corrected chi connectivity index (χ3v) is 8.45. The molecule has 1 amide bonds. The van der Waals surface area contributed by atoms with E-state index in [4.69, 9.17) is 4.42 Å². The first-order valence-electron chi connectivity index (χ1n) is 11.4. The van der Waals surface area contributed by atoms with Gasteiger partial charge in [-0.1, -0.05) is 18.6 Å². The Balaban J connectivity index is 1.25. The SMILES string of the molecule is O=C(Cc1coc2cc3c(cc12)CCC3)NCc1cccc(S(=O)(=O)N2CCCCC2)c1. The van der Waals surface area contributed by atoms with Crippen LogP contribution < -0.4 is 5.32 Å². The molecule has 1 fully saturated rings. The van der Waals surface area contributed by atoms with Crippen molar-refractivity contribution in [3.63, 3.8) is 0 Å². The molecular formula is C25H28N2O4S. The highest BCUT2D eigenvalue weighted by molar-refractivity contribution is 7.89. The Morgan fingerprint density at radius 1 is 1.00 bits per heavy atom. The van der Waals surface area contributed by atoms with E-state index in [2.05, 4.69) is 17.4 Å². The monoisotopic (exact) mass is 452 g/mol. The van der Waals surface area contributed by atoms with E-state index in [9.17, 15) is 13.2 Å². The number of aryl methyl sites for hydroxylation is 2. The quantitative estimate of drug-likeness (QED) is 0.614. The number of furan rings is 1. The van der Waals surface area contributed by atoms with Crippen LogP contribution in [-0.4, -0.2) is 31.7 Å². The van der Waals surface area contributed by atoms with E-state index in [0.717, 1.165) is 54.2 Å². The number of amides is 1. The number of rotatable bonds is 6. The number of carbonyl (C=O) groups is 1. The van der Waals surface area contributed by atoms with E-state index in [-0.39, 0.29) is 18.9 Å². The maximum absolute atomic E-state index is 12.9. The van der Waals surface area contributed by atoms with Crippen LogP contribution in [0.2, 0.25) is 0 Å². The zero-order valence-electron chi connectivity index (χ0n) is 18.1. The summed E-state index contributed by atoms with van der Waals surface area (Å²) in [6, 6.07) is 11.1. The Kier molecular flexibility index (Phi) is 5.78. The van der Waals surface area contributed by atoms with Crippen LogP contribution in [0, 0.1) is 0 Å². The summed E-state index contributed by atoms with van der Waals surface area (Å²) in [5.41, 5.74) is 5.19. The van der Waals surface area contributed by atoms with Crippen LogP contribution in [0.1, 0.15) is 47.9 Å². The molecule has 6 nitrogen and oxygen atoms in total. The van der Waals surface area contributed by atoms with Gasteiger partial charge in [0.15, 0.2) is 0 Å². The van der Waals surface area contributed by atoms with E-state index in [1.54, 1.807) is 28.8 Å². The number of benzene rings is 2. The fourth-order valence-electron chi connectivity index (χ4n) is 4.79. The molecule has 0 bridgehead atoms. The molecule has 5 rings (SSSR count). The molecule has 1 aliphatic heterocycles. The second-order valence-corrected chi connectivity index (χ2v) is 10.7. The van der Waals surface area contributed by atoms with Gasteiger partial charge in [-0.2, -0.15) is 4.31 Å². The summed E-state index contributed by atoms with van der Waals surface area (Å²) in [5, 5.41) is 3.93.